The zero-order valence-electron chi connectivity index (χ0n) is 14.1. The van der Waals surface area contributed by atoms with Gasteiger partial charge in [0, 0.05) is 13.7 Å². The highest BCUT2D eigenvalue weighted by Gasteiger charge is 1.93. The Morgan fingerprint density at radius 3 is 2.75 bits per heavy atom. The van der Waals surface area contributed by atoms with E-state index in [1.807, 2.05) is 0 Å². The van der Waals surface area contributed by atoms with Gasteiger partial charge in [-0.15, -0.1) is 0 Å². The predicted molar refractivity (Wildman–Crippen MR) is 33.4 cm³/mol. The number of hydrogen-bond acceptors (Lipinski definition) is 2. The highest BCUT2D eigenvalue weighted by molar-refractivity contribution is 4.74. The summed E-state index contributed by atoms with van der Waals surface area (Å²) in [6.07, 6.45) is 0. The first-order valence-corrected chi connectivity index (χ1v) is 1.84. The Kier molecular flexibility index (Phi) is 0.659. The molecular weight excluding hydrogens is 100 g/mol. The molecule has 0 aliphatic carbocycles. The van der Waals surface area contributed by atoms with Crippen LogP contribution in [0.4, 0.5) is 0 Å². The molecule has 2 nitrogen and oxygen atoms in total. The van der Waals surface area contributed by atoms with Gasteiger partial charge in [-0.05, 0) is 13.0 Å². The summed E-state index contributed by atoms with van der Waals surface area (Å²) in [5.41, 5.74) is 0. The fraction of sp³-hybridized carbons (Fsp3) is 0.833. The normalized spacial score (nSPS) is 34.5. The van der Waals surface area contributed by atoms with Gasteiger partial charge in [0.1, 0.15) is 0 Å². The molecule has 0 spiro atoms. The Balaban J connectivity index is 5.69. The van der Waals surface area contributed by atoms with Crippen molar-refractivity contribution < 1.29 is 13.7 Å². The van der Waals surface area contributed by atoms with E-state index >= 15 is 0 Å². The zero-order chi connectivity index (χ0) is 15.0. The Bertz CT molecular complexity index is 308. The van der Waals surface area contributed by atoms with E-state index in [0.29, 0.717) is 0 Å². The fourth-order valence-electron chi connectivity index (χ4n) is 0.178. The molecule has 0 rings (SSSR count). The van der Waals surface area contributed by atoms with E-state index < -0.39 is 33.2 Å². The first-order chi connectivity index (χ1) is 7.69. The molecule has 0 fully saturated rings. The van der Waals surface area contributed by atoms with Crippen molar-refractivity contribution in [2.24, 2.45) is 0 Å². The molecule has 0 bridgehead atoms. The third kappa shape index (κ3) is 2.59. The van der Waals surface area contributed by atoms with Crippen LogP contribution in [-0.4, -0.2) is 24.4 Å². The molecule has 0 saturated carbocycles. The van der Waals surface area contributed by atoms with E-state index in [4.69, 9.17) is 19.0 Å². The quantitative estimate of drug-likeness (QED) is 0.519. The molecule has 0 saturated heterocycles. The molecule has 0 radical (unpaired) electrons. The van der Waals surface area contributed by atoms with Gasteiger partial charge < -0.3 is 0 Å². The Morgan fingerprint density at radius 1 is 1.75 bits per heavy atom. The van der Waals surface area contributed by atoms with E-state index in [1.165, 1.54) is 6.07 Å². The molecule has 0 aliphatic heterocycles. The van der Waals surface area contributed by atoms with Crippen molar-refractivity contribution in [3.05, 3.63) is 0 Å². The molecule has 46 valence electrons. The van der Waals surface area contributed by atoms with Crippen LogP contribution in [0.3, 0.4) is 0 Å². The van der Waals surface area contributed by atoms with Crippen LogP contribution in [0.1, 0.15) is 27.4 Å². The van der Waals surface area contributed by atoms with Crippen molar-refractivity contribution in [3.63, 3.8) is 0 Å². The minimum Gasteiger partial charge on any atom is -0.291 e. The van der Waals surface area contributed by atoms with Gasteiger partial charge in [-0.1, -0.05) is 13.7 Å². The number of nitrogens with zero attached hydrogens (tertiary/aromatic N) is 2. The first kappa shape index (κ1) is 1.15. The maximum absolute atomic E-state index is 8.50. The highest BCUT2D eigenvalue weighted by atomic mass is 15.1. The molecule has 0 atom stereocenters. The molecule has 0 amide bonds. The molecule has 0 aromatic rings. The van der Waals surface area contributed by atoms with Gasteiger partial charge >= 0.3 is 0 Å². The summed E-state index contributed by atoms with van der Waals surface area (Å²) < 4.78 is 71.4. The molecule has 0 unspecified atom stereocenters. The number of rotatable bonds is 3. The molecule has 0 aliphatic rings. The van der Waals surface area contributed by atoms with E-state index in [1.54, 1.807) is 0 Å². The minimum absolute atomic E-state index is 0.0972. The van der Waals surface area contributed by atoms with E-state index in [9.17, 15) is 0 Å². The van der Waals surface area contributed by atoms with Crippen LogP contribution in [0.25, 0.3) is 0 Å². The summed E-state index contributed by atoms with van der Waals surface area (Å²) in [7, 11) is 0. The van der Waals surface area contributed by atoms with Crippen LogP contribution in [0.2, 0.25) is 0 Å². The molecule has 0 aromatic heterocycles. The van der Waals surface area contributed by atoms with E-state index in [0.717, 1.165) is 0 Å². The third-order valence-electron chi connectivity index (χ3n) is 0.499. The van der Waals surface area contributed by atoms with E-state index in [2.05, 4.69) is 0 Å². The number of hydrogen-bond donors (Lipinski definition) is 0. The minimum atomic E-state index is -3.29. The van der Waals surface area contributed by atoms with Crippen molar-refractivity contribution >= 4 is 0 Å². The second-order valence-corrected chi connectivity index (χ2v) is 0.968. The molecule has 2 heteroatoms. The van der Waals surface area contributed by atoms with Gasteiger partial charge in [-0.3, -0.25) is 4.90 Å². The van der Waals surface area contributed by atoms with Crippen molar-refractivity contribution in [1.29, 1.82) is 5.26 Å². The molecule has 8 heavy (non-hydrogen) atoms. The monoisotopic (exact) mass is 122 g/mol. The SMILES string of the molecule is [2H]C([2H])([2H])C([2H])([2H])N(CC#N)C([2H])([2H])C([2H])([2H])[2H]. The van der Waals surface area contributed by atoms with Crippen LogP contribution >= 0.6 is 0 Å². The highest BCUT2D eigenvalue weighted by Crippen LogP contribution is 1.81. The van der Waals surface area contributed by atoms with Crippen LogP contribution in [0.5, 0.6) is 0 Å². The molecule has 0 aromatic carbocycles. The third-order valence-corrected chi connectivity index (χ3v) is 0.499. The summed E-state index contributed by atoms with van der Waals surface area (Å²) in [4.78, 5) is -0.0972. The topological polar surface area (TPSA) is 27.0 Å². The maximum Gasteiger partial charge on any atom is 0.0865 e. The maximum atomic E-state index is 8.50. The van der Waals surface area contributed by atoms with Gasteiger partial charge in [-0.25, -0.2) is 0 Å². The average molecular weight is 122 g/mol. The van der Waals surface area contributed by atoms with Crippen LogP contribution in [0, 0.1) is 11.3 Å². The molecule has 0 N–H and O–H groups in total. The van der Waals surface area contributed by atoms with Crippen LogP contribution < -0.4 is 0 Å². The second kappa shape index (κ2) is 4.61. The average Bonchev–Trinajstić information content (AvgIpc) is 2.09. The summed E-state index contributed by atoms with van der Waals surface area (Å²) in [5.74, 6) is 0. The van der Waals surface area contributed by atoms with Gasteiger partial charge in [0.2, 0.25) is 0 Å². The van der Waals surface area contributed by atoms with Gasteiger partial charge in [0.15, 0.2) is 0 Å². The fourth-order valence-corrected chi connectivity index (χ4v) is 0.178. The van der Waals surface area contributed by atoms with Gasteiger partial charge in [0.25, 0.3) is 0 Å². The molecule has 0 heterocycles. The Morgan fingerprint density at radius 2 is 2.38 bits per heavy atom. The summed E-state index contributed by atoms with van der Waals surface area (Å²) >= 11 is 0. The smallest absolute Gasteiger partial charge is 0.0865 e. The van der Waals surface area contributed by atoms with Gasteiger partial charge in [-0.2, -0.15) is 5.26 Å². The largest absolute Gasteiger partial charge is 0.291 e. The summed E-state index contributed by atoms with van der Waals surface area (Å²) in [6.45, 7) is -14.1. The lowest BCUT2D eigenvalue weighted by atomic mass is 10.5. The Labute approximate surface area is 64.8 Å². The lowest BCUT2D eigenvalue weighted by molar-refractivity contribution is 0.341. The zero-order valence-corrected chi connectivity index (χ0v) is 4.10. The van der Waals surface area contributed by atoms with Gasteiger partial charge in [0.05, 0.1) is 12.6 Å². The number of nitriles is 1. The predicted octanol–water partition coefficient (Wildman–Crippen LogP) is 0.852. The van der Waals surface area contributed by atoms with Crippen LogP contribution in [-0.2, 0) is 0 Å². The lowest BCUT2D eigenvalue weighted by Crippen LogP contribution is -2.22. The first-order valence-electron chi connectivity index (χ1n) is 6.84. The van der Waals surface area contributed by atoms with Crippen molar-refractivity contribution in [2.75, 3.05) is 19.5 Å². The van der Waals surface area contributed by atoms with Crippen molar-refractivity contribution in [2.45, 2.75) is 13.7 Å². The standard InChI is InChI=1S/C6H12N2/c1-3-8(4-2)6-5-7/h3-4,6H2,1-2H3/i1D3,2D3,3D2,4D2. The Hall–Kier alpha value is -0.550. The summed E-state index contributed by atoms with van der Waals surface area (Å²) in [5, 5.41) is 8.50. The lowest BCUT2D eigenvalue weighted by Gasteiger charge is -2.11. The molecular formula is C6H12N2. The van der Waals surface area contributed by atoms with Crippen molar-refractivity contribution in [3.8, 4) is 6.07 Å². The second-order valence-electron chi connectivity index (χ2n) is 0.968. The summed E-state index contributed by atoms with van der Waals surface area (Å²) in [6, 6.07) is 1.37. The van der Waals surface area contributed by atoms with E-state index in [-0.39, 0.29) is 4.90 Å². The van der Waals surface area contributed by atoms with Crippen molar-refractivity contribution in [1.82, 2.24) is 4.90 Å². The van der Waals surface area contributed by atoms with Crippen LogP contribution in [0.15, 0.2) is 0 Å².